The van der Waals surface area contributed by atoms with Gasteiger partial charge in [-0.1, -0.05) is 0 Å². The van der Waals surface area contributed by atoms with Gasteiger partial charge in [0.15, 0.2) is 0 Å². The first-order valence-electron chi connectivity index (χ1n) is 2.60. The highest BCUT2D eigenvalue weighted by atomic mass is 35.7. The summed E-state index contributed by atoms with van der Waals surface area (Å²) in [6, 6.07) is 0. The third-order valence-electron chi connectivity index (χ3n) is 0.875. The highest BCUT2D eigenvalue weighted by molar-refractivity contribution is 8.27. The Morgan fingerprint density at radius 3 is 1.00 bits per heavy atom. The first-order chi connectivity index (χ1) is 6.14. The summed E-state index contributed by atoms with van der Waals surface area (Å²) in [5, 5.41) is 0. The molecule has 0 aromatic heterocycles. The summed E-state index contributed by atoms with van der Waals surface area (Å²) in [4.78, 5) is -3.93. The van der Waals surface area contributed by atoms with E-state index >= 15 is 0 Å². The molecule has 0 rings (SSSR count). The molecular weight excluding hydrogens is 297 g/mol. The fourth-order valence-electron chi connectivity index (χ4n) is 0.415. The predicted molar refractivity (Wildman–Crippen MR) is 46.0 cm³/mol. The molecule has 0 amide bonds. The number of alkyl halides is 6. The average Bonchev–Trinajstić information content (AvgIpc) is 1.94. The number of allylic oxidation sites excluding steroid dienone is 2. The Morgan fingerprint density at radius 1 is 0.714 bits per heavy atom. The van der Waals surface area contributed by atoms with Crippen LogP contribution in [0.15, 0.2) is 9.81 Å². The van der Waals surface area contributed by atoms with E-state index in [4.69, 9.17) is 21.4 Å². The van der Waals surface area contributed by atoms with E-state index in [1.807, 2.05) is 0 Å². The molecule has 0 atom stereocenters. The van der Waals surface area contributed by atoms with E-state index in [1.165, 1.54) is 0 Å². The standard InChI is InChI=1S/C4Cl2F6S2/c5-13-1(3(7,8)9)2(14-6)4(10,11)12/b2-1-. The number of hydrogen-bond donors (Lipinski definition) is 0. The molecule has 0 nitrogen and oxygen atoms in total. The fraction of sp³-hybridized carbons (Fsp3) is 0.500. The Hall–Kier alpha value is 0.600. The van der Waals surface area contributed by atoms with Gasteiger partial charge in [-0.2, -0.15) is 26.3 Å². The number of rotatable bonds is 2. The average molecular weight is 297 g/mol. The first-order valence-corrected chi connectivity index (χ1v) is 5.89. The Morgan fingerprint density at radius 2 is 0.929 bits per heavy atom. The van der Waals surface area contributed by atoms with E-state index in [0.29, 0.717) is 0 Å². The molecule has 0 saturated heterocycles. The second-order valence-corrected chi connectivity index (χ2v) is 3.86. The van der Waals surface area contributed by atoms with Crippen LogP contribution in [0.4, 0.5) is 26.3 Å². The van der Waals surface area contributed by atoms with Crippen molar-refractivity contribution in [3.05, 3.63) is 9.81 Å². The van der Waals surface area contributed by atoms with Crippen LogP contribution < -0.4 is 0 Å². The summed E-state index contributed by atoms with van der Waals surface area (Å²) in [6.07, 6.45) is -10.3. The van der Waals surface area contributed by atoms with Gasteiger partial charge in [0.25, 0.3) is 0 Å². The largest absolute Gasteiger partial charge is 0.424 e. The Labute approximate surface area is 92.0 Å². The van der Waals surface area contributed by atoms with Crippen LogP contribution in [0, 0.1) is 0 Å². The number of hydrogen-bond acceptors (Lipinski definition) is 2. The quantitative estimate of drug-likeness (QED) is 0.651. The lowest BCUT2D eigenvalue weighted by Crippen LogP contribution is -2.18. The summed E-state index contributed by atoms with van der Waals surface area (Å²) < 4.78 is 71.7. The maximum absolute atomic E-state index is 12.0. The van der Waals surface area contributed by atoms with Crippen molar-refractivity contribution in [3.63, 3.8) is 0 Å². The van der Waals surface area contributed by atoms with Gasteiger partial charge in [-0.05, 0) is 43.3 Å². The van der Waals surface area contributed by atoms with Crippen molar-refractivity contribution in [3.8, 4) is 0 Å². The van der Waals surface area contributed by atoms with Gasteiger partial charge in [0.1, 0.15) is 9.81 Å². The second-order valence-electron chi connectivity index (χ2n) is 1.81. The van der Waals surface area contributed by atoms with E-state index in [0.717, 1.165) is 0 Å². The SMILES string of the molecule is FC(F)(F)/C(SCl)=C(/SCl)C(F)(F)F. The van der Waals surface area contributed by atoms with Crippen molar-refractivity contribution < 1.29 is 26.3 Å². The highest BCUT2D eigenvalue weighted by Gasteiger charge is 2.46. The summed E-state index contributed by atoms with van der Waals surface area (Å²) in [5.74, 6) is 0. The van der Waals surface area contributed by atoms with Crippen LogP contribution in [-0.4, -0.2) is 12.4 Å². The van der Waals surface area contributed by atoms with Gasteiger partial charge in [0.05, 0.1) is 0 Å². The highest BCUT2D eigenvalue weighted by Crippen LogP contribution is 2.48. The van der Waals surface area contributed by atoms with Gasteiger partial charge in [-0.25, -0.2) is 0 Å². The van der Waals surface area contributed by atoms with Crippen molar-refractivity contribution in [1.82, 2.24) is 0 Å². The fourth-order valence-corrected chi connectivity index (χ4v) is 2.47. The second kappa shape index (κ2) is 5.09. The third-order valence-corrected chi connectivity index (χ3v) is 3.11. The van der Waals surface area contributed by atoms with Crippen molar-refractivity contribution in [2.75, 3.05) is 0 Å². The first kappa shape index (κ1) is 14.6. The van der Waals surface area contributed by atoms with Gasteiger partial charge >= 0.3 is 12.4 Å². The van der Waals surface area contributed by atoms with E-state index in [2.05, 4.69) is 0 Å². The van der Waals surface area contributed by atoms with Crippen LogP contribution in [0.25, 0.3) is 0 Å². The molecule has 0 aliphatic rings. The number of halogens is 8. The van der Waals surface area contributed by atoms with Crippen LogP contribution in [0.2, 0.25) is 0 Å². The lowest BCUT2D eigenvalue weighted by Gasteiger charge is -2.14. The molecule has 0 heterocycles. The van der Waals surface area contributed by atoms with Gasteiger partial charge in [-0.3, -0.25) is 0 Å². The van der Waals surface area contributed by atoms with Crippen molar-refractivity contribution in [1.29, 1.82) is 0 Å². The van der Waals surface area contributed by atoms with Gasteiger partial charge in [0, 0.05) is 0 Å². The zero-order valence-electron chi connectivity index (χ0n) is 5.84. The van der Waals surface area contributed by atoms with E-state index in [1.54, 1.807) is 0 Å². The summed E-state index contributed by atoms with van der Waals surface area (Å²) in [5.41, 5.74) is 0. The van der Waals surface area contributed by atoms with Gasteiger partial charge in [0.2, 0.25) is 0 Å². The molecule has 0 N–H and O–H groups in total. The molecule has 0 spiro atoms. The molecule has 0 aromatic rings. The monoisotopic (exact) mass is 296 g/mol. The van der Waals surface area contributed by atoms with E-state index in [9.17, 15) is 26.3 Å². The summed E-state index contributed by atoms with van der Waals surface area (Å²) in [6.45, 7) is 0. The van der Waals surface area contributed by atoms with E-state index in [-0.39, 0.29) is 0 Å². The minimum Gasteiger partial charge on any atom is -0.166 e. The molecule has 0 aliphatic carbocycles. The minimum atomic E-state index is -5.17. The molecule has 0 saturated carbocycles. The normalized spacial score (nSPS) is 15.4. The van der Waals surface area contributed by atoms with Crippen LogP contribution in [0.1, 0.15) is 0 Å². The Kier molecular flexibility index (Phi) is 5.31. The topological polar surface area (TPSA) is 0 Å². The predicted octanol–water partition coefficient (Wildman–Crippen LogP) is 5.10. The molecule has 84 valence electrons. The maximum Gasteiger partial charge on any atom is 0.424 e. The third kappa shape index (κ3) is 4.00. The summed E-state index contributed by atoms with van der Waals surface area (Å²) in [7, 11) is 8.27. The molecule has 0 unspecified atom stereocenters. The van der Waals surface area contributed by atoms with Crippen LogP contribution >= 0.6 is 43.3 Å². The van der Waals surface area contributed by atoms with Crippen LogP contribution in [0.3, 0.4) is 0 Å². The van der Waals surface area contributed by atoms with Gasteiger partial charge < -0.3 is 0 Å². The van der Waals surface area contributed by atoms with Crippen molar-refractivity contribution in [2.45, 2.75) is 12.4 Å². The van der Waals surface area contributed by atoms with Gasteiger partial charge in [-0.15, -0.1) is 0 Å². The zero-order valence-corrected chi connectivity index (χ0v) is 8.99. The smallest absolute Gasteiger partial charge is 0.166 e. The maximum atomic E-state index is 12.0. The molecule has 0 fully saturated rings. The minimum absolute atomic E-state index is 0.562. The molecule has 0 aliphatic heterocycles. The molecule has 10 heteroatoms. The summed E-state index contributed by atoms with van der Waals surface area (Å²) >= 11 is 0. The molecule has 0 aromatic carbocycles. The van der Waals surface area contributed by atoms with E-state index < -0.39 is 44.1 Å². The molecule has 0 radical (unpaired) electrons. The lowest BCUT2D eigenvalue weighted by atomic mass is 10.4. The molecule has 0 bridgehead atoms. The Bertz CT molecular complexity index is 207. The van der Waals surface area contributed by atoms with Crippen molar-refractivity contribution in [2.24, 2.45) is 0 Å². The zero-order chi connectivity index (χ0) is 11.6. The van der Waals surface area contributed by atoms with Crippen LogP contribution in [-0.2, 0) is 0 Å². The lowest BCUT2D eigenvalue weighted by molar-refractivity contribution is -0.103. The Balaban J connectivity index is 5.36. The molecular formula is C4Cl2F6S2. The van der Waals surface area contributed by atoms with Crippen LogP contribution in [0.5, 0.6) is 0 Å². The van der Waals surface area contributed by atoms with Crippen molar-refractivity contribution >= 4 is 43.3 Å². The molecule has 14 heavy (non-hydrogen) atoms.